The second kappa shape index (κ2) is 7.12. The smallest absolute Gasteiger partial charge is 0.331 e. The lowest BCUT2D eigenvalue weighted by molar-refractivity contribution is -0.142. The standard InChI is InChI=1S/C10H16O4/c1-4-7-13-9(11)5-6-10(12)14-8(2)3/h5-6,8H,4,7H2,1-3H3/b6-5+. The summed E-state index contributed by atoms with van der Waals surface area (Å²) in [5.41, 5.74) is 0. The molecule has 0 aliphatic rings. The normalized spacial score (nSPS) is 10.6. The summed E-state index contributed by atoms with van der Waals surface area (Å²) in [6, 6.07) is 0. The van der Waals surface area contributed by atoms with Crippen molar-refractivity contribution in [3.05, 3.63) is 12.2 Å². The Hall–Kier alpha value is -1.32. The fourth-order valence-corrected chi connectivity index (χ4v) is 0.658. The van der Waals surface area contributed by atoms with Crippen molar-refractivity contribution >= 4 is 11.9 Å². The lowest BCUT2D eigenvalue weighted by atomic mass is 10.4. The van der Waals surface area contributed by atoms with E-state index in [9.17, 15) is 9.59 Å². The average molecular weight is 200 g/mol. The SMILES string of the molecule is CCCOC(=O)/C=C/C(=O)OC(C)C. The van der Waals surface area contributed by atoms with Crippen molar-refractivity contribution in [2.24, 2.45) is 0 Å². The topological polar surface area (TPSA) is 52.6 Å². The zero-order chi connectivity index (χ0) is 11.0. The summed E-state index contributed by atoms with van der Waals surface area (Å²) >= 11 is 0. The molecule has 0 aliphatic carbocycles. The van der Waals surface area contributed by atoms with Gasteiger partial charge in [0.2, 0.25) is 0 Å². The highest BCUT2D eigenvalue weighted by molar-refractivity contribution is 5.91. The maximum absolute atomic E-state index is 10.9. The number of hydrogen-bond acceptors (Lipinski definition) is 4. The highest BCUT2D eigenvalue weighted by atomic mass is 16.5. The quantitative estimate of drug-likeness (QED) is 0.498. The summed E-state index contributed by atoms with van der Waals surface area (Å²) in [6.07, 6.45) is 2.72. The van der Waals surface area contributed by atoms with Gasteiger partial charge in [-0.2, -0.15) is 0 Å². The van der Waals surface area contributed by atoms with Crippen molar-refractivity contribution in [3.8, 4) is 0 Å². The minimum Gasteiger partial charge on any atom is -0.463 e. The molecule has 0 N–H and O–H groups in total. The lowest BCUT2D eigenvalue weighted by Gasteiger charge is -2.03. The van der Waals surface area contributed by atoms with Crippen molar-refractivity contribution < 1.29 is 19.1 Å². The first kappa shape index (κ1) is 12.7. The van der Waals surface area contributed by atoms with E-state index in [1.54, 1.807) is 13.8 Å². The molecule has 0 spiro atoms. The molecule has 4 nitrogen and oxygen atoms in total. The van der Waals surface area contributed by atoms with Gasteiger partial charge >= 0.3 is 11.9 Å². The number of hydrogen-bond donors (Lipinski definition) is 0. The number of carbonyl (C=O) groups excluding carboxylic acids is 2. The van der Waals surface area contributed by atoms with Gasteiger partial charge in [-0.05, 0) is 20.3 Å². The van der Waals surface area contributed by atoms with Crippen LogP contribution in [0.2, 0.25) is 0 Å². The molecule has 0 aliphatic heterocycles. The Morgan fingerprint density at radius 1 is 1.21 bits per heavy atom. The van der Waals surface area contributed by atoms with E-state index in [2.05, 4.69) is 0 Å². The van der Waals surface area contributed by atoms with Gasteiger partial charge in [0.05, 0.1) is 12.7 Å². The molecule has 4 heteroatoms. The van der Waals surface area contributed by atoms with Gasteiger partial charge in [0.15, 0.2) is 0 Å². The molecule has 0 saturated carbocycles. The van der Waals surface area contributed by atoms with E-state index in [-0.39, 0.29) is 6.10 Å². The van der Waals surface area contributed by atoms with Crippen LogP contribution in [-0.2, 0) is 19.1 Å². The molecule has 0 radical (unpaired) electrons. The Kier molecular flexibility index (Phi) is 6.45. The predicted octanol–water partition coefficient (Wildman–Crippen LogP) is 1.45. The van der Waals surface area contributed by atoms with E-state index >= 15 is 0 Å². The van der Waals surface area contributed by atoms with Crippen molar-refractivity contribution in [2.45, 2.75) is 33.3 Å². The molecule has 0 bridgehead atoms. The molecular formula is C10H16O4. The van der Waals surface area contributed by atoms with Gasteiger partial charge in [0, 0.05) is 12.2 Å². The van der Waals surface area contributed by atoms with E-state index in [1.165, 1.54) is 0 Å². The van der Waals surface area contributed by atoms with Crippen LogP contribution in [0.25, 0.3) is 0 Å². The summed E-state index contributed by atoms with van der Waals surface area (Å²) in [6.45, 7) is 5.73. The first-order chi connectivity index (χ1) is 6.56. The second-order valence-electron chi connectivity index (χ2n) is 2.99. The van der Waals surface area contributed by atoms with E-state index in [0.717, 1.165) is 18.6 Å². The Bertz CT molecular complexity index is 218. The third-order valence-electron chi connectivity index (χ3n) is 1.16. The molecule has 0 aromatic carbocycles. The van der Waals surface area contributed by atoms with Crippen LogP contribution in [0, 0.1) is 0 Å². The third kappa shape index (κ3) is 7.34. The molecule has 0 aromatic heterocycles. The van der Waals surface area contributed by atoms with Crippen molar-refractivity contribution in [1.82, 2.24) is 0 Å². The summed E-state index contributed by atoms with van der Waals surface area (Å²) in [7, 11) is 0. The molecule has 0 rings (SSSR count). The largest absolute Gasteiger partial charge is 0.463 e. The van der Waals surface area contributed by atoms with Gasteiger partial charge in [-0.3, -0.25) is 0 Å². The van der Waals surface area contributed by atoms with Gasteiger partial charge in [0.25, 0.3) is 0 Å². The summed E-state index contributed by atoms with van der Waals surface area (Å²) in [5.74, 6) is -1.05. The first-order valence-electron chi connectivity index (χ1n) is 4.61. The molecule has 0 saturated heterocycles. The molecule has 0 fully saturated rings. The van der Waals surface area contributed by atoms with E-state index in [0.29, 0.717) is 6.61 Å². The van der Waals surface area contributed by atoms with Gasteiger partial charge in [-0.15, -0.1) is 0 Å². The van der Waals surface area contributed by atoms with Crippen LogP contribution in [0.3, 0.4) is 0 Å². The van der Waals surface area contributed by atoms with Crippen LogP contribution < -0.4 is 0 Å². The summed E-state index contributed by atoms with van der Waals surface area (Å²) < 4.78 is 9.48. The maximum atomic E-state index is 10.9. The Morgan fingerprint density at radius 3 is 2.29 bits per heavy atom. The highest BCUT2D eigenvalue weighted by Crippen LogP contribution is 1.91. The number of rotatable bonds is 5. The summed E-state index contributed by atoms with van der Waals surface area (Å²) in [4.78, 5) is 21.8. The monoisotopic (exact) mass is 200 g/mol. The molecular weight excluding hydrogens is 184 g/mol. The van der Waals surface area contributed by atoms with Crippen molar-refractivity contribution in [1.29, 1.82) is 0 Å². The Balaban J connectivity index is 3.79. The highest BCUT2D eigenvalue weighted by Gasteiger charge is 2.02. The van der Waals surface area contributed by atoms with Gasteiger partial charge in [-0.25, -0.2) is 9.59 Å². The lowest BCUT2D eigenvalue weighted by Crippen LogP contribution is -2.09. The minimum atomic E-state index is -0.534. The zero-order valence-electron chi connectivity index (χ0n) is 8.78. The molecule has 0 atom stereocenters. The van der Waals surface area contributed by atoms with Crippen LogP contribution in [0.5, 0.6) is 0 Å². The minimum absolute atomic E-state index is 0.182. The Morgan fingerprint density at radius 2 is 1.79 bits per heavy atom. The molecule has 80 valence electrons. The van der Waals surface area contributed by atoms with Crippen molar-refractivity contribution in [2.75, 3.05) is 6.61 Å². The average Bonchev–Trinajstić information content (AvgIpc) is 2.10. The molecule has 0 amide bonds. The number of esters is 2. The van der Waals surface area contributed by atoms with Crippen LogP contribution in [-0.4, -0.2) is 24.6 Å². The number of carbonyl (C=O) groups is 2. The second-order valence-corrected chi connectivity index (χ2v) is 2.99. The molecule has 14 heavy (non-hydrogen) atoms. The van der Waals surface area contributed by atoms with Gasteiger partial charge in [0.1, 0.15) is 0 Å². The number of ether oxygens (including phenoxy) is 2. The molecule has 0 heterocycles. The first-order valence-corrected chi connectivity index (χ1v) is 4.61. The zero-order valence-corrected chi connectivity index (χ0v) is 8.78. The van der Waals surface area contributed by atoms with Gasteiger partial charge in [-0.1, -0.05) is 6.92 Å². The third-order valence-corrected chi connectivity index (χ3v) is 1.16. The fourth-order valence-electron chi connectivity index (χ4n) is 0.658. The summed E-state index contributed by atoms with van der Waals surface area (Å²) in [5, 5.41) is 0. The molecule has 0 unspecified atom stereocenters. The van der Waals surface area contributed by atoms with E-state index < -0.39 is 11.9 Å². The fraction of sp³-hybridized carbons (Fsp3) is 0.600. The van der Waals surface area contributed by atoms with Crippen molar-refractivity contribution in [3.63, 3.8) is 0 Å². The van der Waals surface area contributed by atoms with E-state index in [1.807, 2.05) is 6.92 Å². The van der Waals surface area contributed by atoms with Crippen LogP contribution >= 0.6 is 0 Å². The van der Waals surface area contributed by atoms with Crippen LogP contribution in [0.15, 0.2) is 12.2 Å². The predicted molar refractivity (Wildman–Crippen MR) is 51.6 cm³/mol. The Labute approximate surface area is 83.9 Å². The van der Waals surface area contributed by atoms with Crippen LogP contribution in [0.4, 0.5) is 0 Å². The van der Waals surface area contributed by atoms with E-state index in [4.69, 9.17) is 9.47 Å². The maximum Gasteiger partial charge on any atom is 0.331 e. The molecule has 0 aromatic rings. The van der Waals surface area contributed by atoms with Crippen LogP contribution in [0.1, 0.15) is 27.2 Å². The van der Waals surface area contributed by atoms with Gasteiger partial charge < -0.3 is 9.47 Å².